The zero-order valence-electron chi connectivity index (χ0n) is 25.6. The molecule has 0 spiro atoms. The van der Waals surface area contributed by atoms with Crippen LogP contribution in [0.5, 0.6) is 5.75 Å². The molecule has 0 bridgehead atoms. The van der Waals surface area contributed by atoms with Gasteiger partial charge in [-0.15, -0.1) is 0 Å². The van der Waals surface area contributed by atoms with Crippen LogP contribution in [0.1, 0.15) is 115 Å². The number of hydrogen-bond donors (Lipinski definition) is 1. The first-order chi connectivity index (χ1) is 20.0. The molecule has 0 fully saturated rings. The van der Waals surface area contributed by atoms with E-state index in [4.69, 9.17) is 18.5 Å². The van der Waals surface area contributed by atoms with Gasteiger partial charge in [0.15, 0.2) is 12.7 Å². The molecule has 234 valence electrons. The summed E-state index contributed by atoms with van der Waals surface area (Å²) in [5.74, 6) is 0.281. The second-order valence-corrected chi connectivity index (χ2v) is 13.1. The van der Waals surface area contributed by atoms with Crippen LogP contribution in [-0.2, 0) is 25.1 Å². The van der Waals surface area contributed by atoms with Crippen LogP contribution in [-0.4, -0.2) is 37.9 Å². The van der Waals surface area contributed by atoms with Gasteiger partial charge < -0.3 is 14.0 Å². The topological polar surface area (TPSA) is 78.1 Å². The first kappa shape index (κ1) is 35.9. The number of aromatic nitrogens is 1. The van der Waals surface area contributed by atoms with Gasteiger partial charge in [0.2, 0.25) is 5.51 Å². The van der Waals surface area contributed by atoms with Gasteiger partial charge in [-0.1, -0.05) is 115 Å². The first-order valence-corrected chi connectivity index (χ1v) is 18.2. The third-order valence-electron chi connectivity index (χ3n) is 7.24. The first-order valence-electron chi connectivity index (χ1n) is 15.8. The molecule has 1 aromatic carbocycles. The highest BCUT2D eigenvalue weighted by molar-refractivity contribution is 7.47. The van der Waals surface area contributed by atoms with Crippen molar-refractivity contribution in [2.45, 2.75) is 122 Å². The number of hydrogen-bond acceptors (Lipinski definition) is 6. The van der Waals surface area contributed by atoms with Gasteiger partial charge in [0.1, 0.15) is 11.9 Å². The lowest BCUT2D eigenvalue weighted by Gasteiger charge is -2.18. The number of methoxy groups -OCH3 is 1. The number of ether oxygens (including phenoxy) is 2. The molecule has 2 unspecified atom stereocenters. The number of phosphoric acid groups is 1. The third-order valence-corrected chi connectivity index (χ3v) is 8.83. The highest BCUT2D eigenvalue weighted by atomic mass is 32.1. The predicted molar refractivity (Wildman–Crippen MR) is 168 cm³/mol. The Labute approximate surface area is 253 Å². The molecule has 2 atom stereocenters. The number of nitrogens with zero attached hydrogens (tertiary/aromatic N) is 1. The van der Waals surface area contributed by atoms with E-state index in [2.05, 4.69) is 11.5 Å². The second-order valence-electron chi connectivity index (χ2n) is 10.9. The molecule has 41 heavy (non-hydrogen) atoms. The summed E-state index contributed by atoms with van der Waals surface area (Å²) in [6.07, 6.45) is 23.0. The Morgan fingerprint density at radius 2 is 1.39 bits per heavy atom. The third kappa shape index (κ3) is 18.8. The Kier molecular flexibility index (Phi) is 20.3. The number of benzene rings is 1. The fraction of sp³-hybridized carbons (Fsp3) is 0.719. The predicted octanol–water partition coefficient (Wildman–Crippen LogP) is 8.87. The van der Waals surface area contributed by atoms with E-state index in [1.165, 1.54) is 89.9 Å². The van der Waals surface area contributed by atoms with Gasteiger partial charge in [0.25, 0.3) is 0 Å². The summed E-state index contributed by atoms with van der Waals surface area (Å²) < 4.78 is 35.9. The van der Waals surface area contributed by atoms with Gasteiger partial charge in [-0.2, -0.15) is 4.57 Å². The van der Waals surface area contributed by atoms with Crippen molar-refractivity contribution in [3.63, 3.8) is 0 Å². The van der Waals surface area contributed by atoms with E-state index in [0.29, 0.717) is 13.2 Å². The van der Waals surface area contributed by atoms with Crippen LogP contribution < -0.4 is 9.09 Å². The molecule has 0 radical (unpaired) electrons. The summed E-state index contributed by atoms with van der Waals surface area (Å²) in [6.45, 7) is 3.88. The van der Waals surface area contributed by atoms with Gasteiger partial charge >= 0.3 is 7.82 Å². The quantitative estimate of drug-likeness (QED) is 0.0617. The normalized spacial score (nSPS) is 13.7. The standard InChI is InChI=1S/C32H54NO6PS/c1-3-4-5-6-7-8-9-10-11-12-13-14-15-16-17-18-24-37-27-32(36-2)28-38-40(34,35)39-31-21-19-30(20-22-31)26-33-23-25-41-29-33/h19-23,25,29,32H,3-18,24,26-28H2,1-2H3/p+1. The molecule has 9 heteroatoms. The van der Waals surface area contributed by atoms with Gasteiger partial charge in [-0.3, -0.25) is 9.42 Å². The minimum atomic E-state index is -4.27. The summed E-state index contributed by atoms with van der Waals surface area (Å²) in [4.78, 5) is 10.1. The number of rotatable bonds is 27. The molecule has 0 aliphatic rings. The number of thiazole rings is 1. The Balaban J connectivity index is 1.42. The van der Waals surface area contributed by atoms with Crippen molar-refractivity contribution >= 4 is 19.2 Å². The van der Waals surface area contributed by atoms with Crippen molar-refractivity contribution < 1.29 is 32.5 Å². The summed E-state index contributed by atoms with van der Waals surface area (Å²) in [5, 5.41) is 2.01. The largest absolute Gasteiger partial charge is 0.527 e. The maximum Gasteiger partial charge on any atom is 0.527 e. The molecule has 1 N–H and O–H groups in total. The van der Waals surface area contributed by atoms with E-state index in [1.807, 2.05) is 29.2 Å². The molecule has 2 aromatic rings. The van der Waals surface area contributed by atoms with Gasteiger partial charge in [-0.25, -0.2) is 4.57 Å². The van der Waals surface area contributed by atoms with Crippen LogP contribution in [0.3, 0.4) is 0 Å². The van der Waals surface area contributed by atoms with E-state index in [1.54, 1.807) is 30.6 Å². The van der Waals surface area contributed by atoms with Crippen LogP contribution in [0.2, 0.25) is 0 Å². The summed E-state index contributed by atoms with van der Waals surface area (Å²) in [5.41, 5.74) is 3.09. The van der Waals surface area contributed by atoms with Crippen LogP contribution in [0, 0.1) is 0 Å². The van der Waals surface area contributed by atoms with E-state index >= 15 is 0 Å². The zero-order valence-corrected chi connectivity index (χ0v) is 27.3. The molecular formula is C32H55NO6PS+. The highest BCUT2D eigenvalue weighted by Gasteiger charge is 2.25. The highest BCUT2D eigenvalue weighted by Crippen LogP contribution is 2.44. The molecule has 1 heterocycles. The van der Waals surface area contributed by atoms with Crippen molar-refractivity contribution in [3.8, 4) is 5.75 Å². The Morgan fingerprint density at radius 3 is 1.90 bits per heavy atom. The lowest BCUT2D eigenvalue weighted by Crippen LogP contribution is -2.30. The maximum atomic E-state index is 12.4. The molecular weight excluding hydrogens is 557 g/mol. The van der Waals surface area contributed by atoms with Crippen molar-refractivity contribution in [3.05, 3.63) is 46.9 Å². The van der Waals surface area contributed by atoms with Gasteiger partial charge in [0.05, 0.1) is 18.6 Å². The average molecular weight is 613 g/mol. The number of unbranched alkanes of at least 4 members (excludes halogenated alkanes) is 15. The van der Waals surface area contributed by atoms with Crippen molar-refractivity contribution in [2.75, 3.05) is 26.9 Å². The minimum Gasteiger partial charge on any atom is -0.404 e. The molecule has 1 aromatic heterocycles. The fourth-order valence-corrected chi connectivity index (χ4v) is 6.10. The van der Waals surface area contributed by atoms with Gasteiger partial charge in [-0.05, 0) is 30.7 Å². The van der Waals surface area contributed by atoms with Crippen LogP contribution in [0.4, 0.5) is 0 Å². The summed E-state index contributed by atoms with van der Waals surface area (Å²) in [7, 11) is -2.73. The van der Waals surface area contributed by atoms with E-state index in [0.717, 1.165) is 24.9 Å². The van der Waals surface area contributed by atoms with Gasteiger partial charge in [0, 0.05) is 19.3 Å². The smallest absolute Gasteiger partial charge is 0.404 e. The van der Waals surface area contributed by atoms with E-state index in [-0.39, 0.29) is 12.4 Å². The Morgan fingerprint density at radius 1 is 0.829 bits per heavy atom. The zero-order chi connectivity index (χ0) is 29.4. The van der Waals surface area contributed by atoms with Crippen LogP contribution in [0.15, 0.2) is 41.4 Å². The van der Waals surface area contributed by atoms with Crippen LogP contribution in [0.25, 0.3) is 0 Å². The lowest BCUT2D eigenvalue weighted by molar-refractivity contribution is -0.683. The molecule has 0 saturated carbocycles. The average Bonchev–Trinajstić information content (AvgIpc) is 3.48. The maximum absolute atomic E-state index is 12.4. The molecule has 0 aliphatic heterocycles. The van der Waals surface area contributed by atoms with Crippen LogP contribution >= 0.6 is 19.2 Å². The molecule has 0 saturated heterocycles. The summed E-state index contributed by atoms with van der Waals surface area (Å²) in [6, 6.07) is 7.07. The molecule has 0 aliphatic carbocycles. The monoisotopic (exact) mass is 612 g/mol. The van der Waals surface area contributed by atoms with Crippen molar-refractivity contribution in [2.24, 2.45) is 0 Å². The molecule has 0 amide bonds. The second kappa shape index (κ2) is 23.2. The number of phosphoric ester groups is 1. The van der Waals surface area contributed by atoms with E-state index in [9.17, 15) is 9.46 Å². The Bertz CT molecular complexity index is 911. The molecule has 7 nitrogen and oxygen atoms in total. The van der Waals surface area contributed by atoms with Crippen molar-refractivity contribution in [1.29, 1.82) is 0 Å². The fourth-order valence-electron chi connectivity index (χ4n) is 4.71. The summed E-state index contributed by atoms with van der Waals surface area (Å²) >= 11 is 1.63. The Hall–Kier alpha value is -1.28. The lowest BCUT2D eigenvalue weighted by atomic mass is 10.0. The van der Waals surface area contributed by atoms with Crippen molar-refractivity contribution in [1.82, 2.24) is 0 Å². The van der Waals surface area contributed by atoms with E-state index < -0.39 is 13.9 Å². The SMILES string of the molecule is CCCCCCCCCCCCCCCCCCOCC(COP(=O)(O)Oc1ccc(C[n+]2ccsc2)cc1)OC. The minimum absolute atomic E-state index is 0.0872. The molecule has 2 rings (SSSR count).